The molecule has 3 N–H and O–H groups in total. The number of aromatic nitrogens is 1. The Morgan fingerprint density at radius 1 is 1.14 bits per heavy atom. The summed E-state index contributed by atoms with van der Waals surface area (Å²) in [5.41, 5.74) is 3.22. The van der Waals surface area contributed by atoms with Crippen molar-refractivity contribution in [1.29, 1.82) is 0 Å². The second-order valence-corrected chi connectivity index (χ2v) is 7.67. The first-order valence-electron chi connectivity index (χ1n) is 9.63. The third-order valence-electron chi connectivity index (χ3n) is 4.40. The smallest absolute Gasteiger partial charge is 0.212 e. The Balaban J connectivity index is 1.95. The summed E-state index contributed by atoms with van der Waals surface area (Å²) in [5, 5.41) is 16.9. The van der Waals surface area contributed by atoms with Crippen LogP contribution in [0.15, 0.2) is 47.6 Å². The van der Waals surface area contributed by atoms with Gasteiger partial charge in [-0.1, -0.05) is 51.1 Å². The van der Waals surface area contributed by atoms with Gasteiger partial charge < -0.3 is 20.5 Å². The van der Waals surface area contributed by atoms with Crippen LogP contribution in [0.4, 0.5) is 0 Å². The number of aliphatic hydroxyl groups is 1. The van der Waals surface area contributed by atoms with Gasteiger partial charge in [-0.15, -0.1) is 0 Å². The first-order chi connectivity index (χ1) is 13.3. The van der Waals surface area contributed by atoms with E-state index in [1.165, 1.54) is 5.56 Å². The van der Waals surface area contributed by atoms with Gasteiger partial charge in [0.25, 0.3) is 0 Å². The maximum absolute atomic E-state index is 10.5. The Morgan fingerprint density at radius 3 is 2.39 bits per heavy atom. The van der Waals surface area contributed by atoms with Crippen LogP contribution in [0.1, 0.15) is 50.5 Å². The molecule has 6 heteroatoms. The molecule has 0 saturated heterocycles. The average molecular weight is 385 g/mol. The van der Waals surface area contributed by atoms with Gasteiger partial charge in [0.15, 0.2) is 5.96 Å². The molecule has 0 aliphatic carbocycles. The van der Waals surface area contributed by atoms with E-state index in [4.69, 9.17) is 4.74 Å². The van der Waals surface area contributed by atoms with E-state index >= 15 is 0 Å². The van der Waals surface area contributed by atoms with Crippen LogP contribution < -0.4 is 15.4 Å². The van der Waals surface area contributed by atoms with E-state index in [0.29, 0.717) is 24.9 Å². The Morgan fingerprint density at radius 2 is 1.86 bits per heavy atom. The molecule has 2 rings (SSSR count). The van der Waals surface area contributed by atoms with Crippen LogP contribution in [0.5, 0.6) is 5.88 Å². The predicted molar refractivity (Wildman–Crippen MR) is 114 cm³/mol. The van der Waals surface area contributed by atoms with Crippen molar-refractivity contribution >= 4 is 5.96 Å². The maximum Gasteiger partial charge on any atom is 0.212 e. The van der Waals surface area contributed by atoms with Gasteiger partial charge in [0.2, 0.25) is 5.88 Å². The van der Waals surface area contributed by atoms with Crippen LogP contribution in [-0.2, 0) is 12.0 Å². The lowest BCUT2D eigenvalue weighted by Crippen LogP contribution is -2.39. The van der Waals surface area contributed by atoms with Crippen molar-refractivity contribution in [3.8, 4) is 5.88 Å². The van der Waals surface area contributed by atoms with Crippen LogP contribution in [-0.4, -0.2) is 36.2 Å². The highest BCUT2D eigenvalue weighted by atomic mass is 16.5. The summed E-state index contributed by atoms with van der Waals surface area (Å²) in [4.78, 5) is 8.74. The van der Waals surface area contributed by atoms with E-state index in [1.807, 2.05) is 31.2 Å². The van der Waals surface area contributed by atoms with Gasteiger partial charge in [-0.2, -0.15) is 0 Å². The van der Waals surface area contributed by atoms with Gasteiger partial charge in [0, 0.05) is 25.4 Å². The van der Waals surface area contributed by atoms with Crippen molar-refractivity contribution in [1.82, 2.24) is 15.6 Å². The third-order valence-corrected chi connectivity index (χ3v) is 4.40. The number of aliphatic hydroxyl groups excluding tert-OH is 1. The molecule has 1 heterocycles. The minimum Gasteiger partial charge on any atom is -0.481 e. The number of pyridine rings is 1. The van der Waals surface area contributed by atoms with Crippen LogP contribution in [0.25, 0.3) is 0 Å². The van der Waals surface area contributed by atoms with Gasteiger partial charge >= 0.3 is 0 Å². The van der Waals surface area contributed by atoms with Crippen LogP contribution in [0.3, 0.4) is 0 Å². The molecule has 28 heavy (non-hydrogen) atoms. The Kier molecular flexibility index (Phi) is 7.81. The second kappa shape index (κ2) is 10.1. The molecule has 2 aromatic rings. The SMILES string of the molecule is CCNC(=NCc1ccc(OC)nc1)NCC(O)c1ccc(C(C)(C)C)cc1. The van der Waals surface area contributed by atoms with Gasteiger partial charge in [-0.25, -0.2) is 9.98 Å². The Labute approximate surface area is 168 Å². The fourth-order valence-corrected chi connectivity index (χ4v) is 2.65. The molecule has 0 bridgehead atoms. The maximum atomic E-state index is 10.5. The minimum atomic E-state index is -0.611. The number of hydrogen-bond acceptors (Lipinski definition) is 4. The van der Waals surface area contributed by atoms with E-state index in [-0.39, 0.29) is 5.41 Å². The van der Waals surface area contributed by atoms with Gasteiger partial charge in [-0.3, -0.25) is 0 Å². The molecule has 1 unspecified atom stereocenters. The summed E-state index contributed by atoms with van der Waals surface area (Å²) in [5.74, 6) is 1.24. The molecule has 0 spiro atoms. The van der Waals surface area contributed by atoms with E-state index < -0.39 is 6.10 Å². The summed E-state index contributed by atoms with van der Waals surface area (Å²) in [6.45, 7) is 10.1. The highest BCUT2D eigenvalue weighted by Crippen LogP contribution is 2.23. The topological polar surface area (TPSA) is 78.8 Å². The van der Waals surface area contributed by atoms with Crippen molar-refractivity contribution in [3.63, 3.8) is 0 Å². The standard InChI is InChI=1S/C22H32N4O2/c1-6-23-21(25-14-16-7-12-20(28-5)24-13-16)26-15-19(27)17-8-10-18(11-9-17)22(2,3)4/h7-13,19,27H,6,14-15H2,1-5H3,(H2,23,25,26). The zero-order valence-electron chi connectivity index (χ0n) is 17.5. The van der Waals surface area contributed by atoms with Crippen molar-refractivity contribution in [3.05, 3.63) is 59.3 Å². The second-order valence-electron chi connectivity index (χ2n) is 7.67. The van der Waals surface area contributed by atoms with Crippen molar-refractivity contribution in [2.24, 2.45) is 4.99 Å². The minimum absolute atomic E-state index is 0.100. The number of hydrogen-bond donors (Lipinski definition) is 3. The molecule has 0 amide bonds. The molecule has 1 aromatic heterocycles. The third kappa shape index (κ3) is 6.53. The highest BCUT2D eigenvalue weighted by Gasteiger charge is 2.14. The molecule has 6 nitrogen and oxygen atoms in total. The summed E-state index contributed by atoms with van der Waals surface area (Å²) in [6.07, 6.45) is 1.14. The average Bonchev–Trinajstić information content (AvgIpc) is 2.69. The van der Waals surface area contributed by atoms with Crippen molar-refractivity contribution in [2.45, 2.75) is 45.8 Å². The first-order valence-corrected chi connectivity index (χ1v) is 9.63. The number of nitrogens with one attached hydrogen (secondary N) is 2. The lowest BCUT2D eigenvalue weighted by Gasteiger charge is -2.20. The number of methoxy groups -OCH3 is 1. The molecular formula is C22H32N4O2. The summed E-state index contributed by atoms with van der Waals surface area (Å²) in [6, 6.07) is 11.9. The number of benzene rings is 1. The zero-order chi connectivity index (χ0) is 20.6. The van der Waals surface area contributed by atoms with Gasteiger partial charge in [0.05, 0.1) is 19.8 Å². The zero-order valence-corrected chi connectivity index (χ0v) is 17.5. The summed E-state index contributed by atoms with van der Waals surface area (Å²) >= 11 is 0. The lowest BCUT2D eigenvalue weighted by atomic mass is 9.86. The number of aliphatic imine (C=N–C) groups is 1. The number of ether oxygens (including phenoxy) is 1. The monoisotopic (exact) mass is 384 g/mol. The molecule has 152 valence electrons. The molecule has 0 aliphatic rings. The van der Waals surface area contributed by atoms with Crippen LogP contribution >= 0.6 is 0 Å². The van der Waals surface area contributed by atoms with Crippen molar-refractivity contribution in [2.75, 3.05) is 20.2 Å². The number of guanidine groups is 1. The fraction of sp³-hybridized carbons (Fsp3) is 0.455. The first kappa shape index (κ1) is 21.7. The fourth-order valence-electron chi connectivity index (χ4n) is 2.65. The van der Waals surface area contributed by atoms with Crippen LogP contribution in [0.2, 0.25) is 0 Å². The molecular weight excluding hydrogens is 352 g/mol. The summed E-state index contributed by atoms with van der Waals surface area (Å²) in [7, 11) is 1.59. The largest absolute Gasteiger partial charge is 0.481 e. The van der Waals surface area contributed by atoms with E-state index in [2.05, 4.69) is 53.5 Å². The van der Waals surface area contributed by atoms with Crippen molar-refractivity contribution < 1.29 is 9.84 Å². The van der Waals surface area contributed by atoms with Gasteiger partial charge in [-0.05, 0) is 29.0 Å². The highest BCUT2D eigenvalue weighted by molar-refractivity contribution is 5.79. The lowest BCUT2D eigenvalue weighted by molar-refractivity contribution is 0.181. The molecule has 0 saturated carbocycles. The van der Waals surface area contributed by atoms with Gasteiger partial charge in [0.1, 0.15) is 0 Å². The number of rotatable bonds is 7. The van der Waals surface area contributed by atoms with E-state index in [1.54, 1.807) is 13.3 Å². The Bertz CT molecular complexity index is 750. The molecule has 0 radical (unpaired) electrons. The van der Waals surface area contributed by atoms with E-state index in [0.717, 1.165) is 17.7 Å². The van der Waals surface area contributed by atoms with E-state index in [9.17, 15) is 5.11 Å². The molecule has 1 aromatic carbocycles. The Hall–Kier alpha value is -2.60. The summed E-state index contributed by atoms with van der Waals surface area (Å²) < 4.78 is 5.07. The quantitative estimate of drug-likeness (QED) is 0.505. The number of nitrogens with zero attached hydrogens (tertiary/aromatic N) is 2. The molecule has 1 atom stereocenters. The van der Waals surface area contributed by atoms with Crippen LogP contribution in [0, 0.1) is 0 Å². The molecule has 0 aliphatic heterocycles. The normalized spacial score (nSPS) is 13.1. The molecule has 0 fully saturated rings. The predicted octanol–water partition coefficient (Wildman–Crippen LogP) is 3.18.